The summed E-state index contributed by atoms with van der Waals surface area (Å²) in [5.41, 5.74) is 1.02. The van der Waals surface area contributed by atoms with Gasteiger partial charge in [0.15, 0.2) is 0 Å². The van der Waals surface area contributed by atoms with Gasteiger partial charge in [-0.2, -0.15) is 5.26 Å². The van der Waals surface area contributed by atoms with Gasteiger partial charge in [-0.1, -0.05) is 12.1 Å². The van der Waals surface area contributed by atoms with Crippen molar-refractivity contribution in [1.82, 2.24) is 5.32 Å². The Kier molecular flexibility index (Phi) is 5.06. The number of ether oxygens (including phenoxy) is 1. The first kappa shape index (κ1) is 13.4. The first-order valence-corrected chi connectivity index (χ1v) is 7.44. The van der Waals surface area contributed by atoms with Crippen LogP contribution in [0, 0.1) is 11.3 Å². The number of hydrogen-bond donors (Lipinski definition) is 1. The molecule has 0 aliphatic carbocycles. The Labute approximate surface area is 113 Å². The number of nitriles is 1. The minimum Gasteiger partial charge on any atom is -0.377 e. The number of thioether (sulfide) groups is 1. The van der Waals surface area contributed by atoms with Crippen molar-refractivity contribution in [2.24, 2.45) is 0 Å². The highest BCUT2D eigenvalue weighted by Gasteiger charge is 2.17. The second kappa shape index (κ2) is 6.79. The second-order valence-corrected chi connectivity index (χ2v) is 5.26. The normalized spacial score (nSPS) is 20.6. The maximum absolute atomic E-state index is 9.22. The van der Waals surface area contributed by atoms with Crippen molar-refractivity contribution in [3.63, 3.8) is 0 Å². The first-order valence-electron chi connectivity index (χ1n) is 6.22. The van der Waals surface area contributed by atoms with Crippen molar-refractivity contribution in [3.05, 3.63) is 29.8 Å². The molecule has 18 heavy (non-hydrogen) atoms. The lowest BCUT2D eigenvalue weighted by molar-refractivity contribution is 0.109. The Balaban J connectivity index is 1.92. The molecule has 0 radical (unpaired) electrons. The van der Waals surface area contributed by atoms with E-state index < -0.39 is 0 Å². The van der Waals surface area contributed by atoms with Crippen molar-refractivity contribution in [2.45, 2.75) is 29.9 Å². The summed E-state index contributed by atoms with van der Waals surface area (Å²) in [6, 6.07) is 10.2. The van der Waals surface area contributed by atoms with E-state index >= 15 is 0 Å². The molecule has 1 N–H and O–H groups in total. The van der Waals surface area contributed by atoms with Crippen molar-refractivity contribution in [3.8, 4) is 6.07 Å². The van der Waals surface area contributed by atoms with E-state index in [9.17, 15) is 5.26 Å². The molecular weight excluding hydrogens is 244 g/mol. The third-order valence-corrected chi connectivity index (χ3v) is 3.90. The summed E-state index contributed by atoms with van der Waals surface area (Å²) in [5.74, 6) is 0. The summed E-state index contributed by atoms with van der Waals surface area (Å²) in [7, 11) is 0. The Hall–Kier alpha value is -1.02. The number of rotatable bonds is 5. The van der Waals surface area contributed by atoms with E-state index in [-0.39, 0.29) is 12.1 Å². The van der Waals surface area contributed by atoms with Crippen LogP contribution in [0.3, 0.4) is 0 Å². The molecule has 2 atom stereocenters. The Bertz CT molecular complexity index is 407. The van der Waals surface area contributed by atoms with E-state index in [1.807, 2.05) is 18.4 Å². The van der Waals surface area contributed by atoms with Gasteiger partial charge >= 0.3 is 0 Å². The van der Waals surface area contributed by atoms with Crippen LogP contribution < -0.4 is 5.32 Å². The topological polar surface area (TPSA) is 45.0 Å². The van der Waals surface area contributed by atoms with E-state index in [0.717, 1.165) is 31.6 Å². The lowest BCUT2D eigenvalue weighted by atomic mass is 10.1. The summed E-state index contributed by atoms with van der Waals surface area (Å²) in [6.45, 7) is 1.61. The van der Waals surface area contributed by atoms with Crippen molar-refractivity contribution < 1.29 is 4.74 Å². The highest BCUT2D eigenvalue weighted by atomic mass is 32.2. The molecule has 2 unspecified atom stereocenters. The van der Waals surface area contributed by atoms with Crippen molar-refractivity contribution >= 4 is 11.8 Å². The third kappa shape index (κ3) is 3.49. The van der Waals surface area contributed by atoms with Crippen molar-refractivity contribution in [1.29, 1.82) is 5.26 Å². The molecule has 1 saturated heterocycles. The maximum Gasteiger partial charge on any atom is 0.121 e. The number of nitrogens with zero attached hydrogens (tertiary/aromatic N) is 1. The Morgan fingerprint density at radius 1 is 1.50 bits per heavy atom. The Morgan fingerprint density at radius 3 is 2.83 bits per heavy atom. The molecule has 0 aromatic heterocycles. The molecule has 0 bridgehead atoms. The summed E-state index contributed by atoms with van der Waals surface area (Å²) in [5, 5.41) is 12.5. The minimum absolute atomic E-state index is 0.245. The van der Waals surface area contributed by atoms with Gasteiger partial charge in [0.1, 0.15) is 6.04 Å². The van der Waals surface area contributed by atoms with Gasteiger partial charge in [0.05, 0.1) is 12.2 Å². The minimum atomic E-state index is -0.245. The fourth-order valence-corrected chi connectivity index (χ4v) is 2.50. The van der Waals surface area contributed by atoms with E-state index in [2.05, 4.69) is 23.5 Å². The van der Waals surface area contributed by atoms with Gasteiger partial charge in [0, 0.05) is 18.0 Å². The van der Waals surface area contributed by atoms with Gasteiger partial charge in [-0.25, -0.2) is 0 Å². The smallest absolute Gasteiger partial charge is 0.121 e. The number of hydrogen-bond acceptors (Lipinski definition) is 4. The monoisotopic (exact) mass is 262 g/mol. The fraction of sp³-hybridized carbons (Fsp3) is 0.500. The lowest BCUT2D eigenvalue weighted by Gasteiger charge is -2.15. The fourth-order valence-electron chi connectivity index (χ4n) is 2.09. The maximum atomic E-state index is 9.22. The summed E-state index contributed by atoms with van der Waals surface area (Å²) in [4.78, 5) is 1.22. The summed E-state index contributed by atoms with van der Waals surface area (Å²) in [6.07, 6.45) is 4.54. The van der Waals surface area contributed by atoms with E-state index in [0.29, 0.717) is 0 Å². The van der Waals surface area contributed by atoms with Crippen LogP contribution in [0.1, 0.15) is 24.4 Å². The van der Waals surface area contributed by atoms with Gasteiger partial charge in [-0.05, 0) is 36.8 Å². The molecule has 1 heterocycles. The predicted molar refractivity (Wildman–Crippen MR) is 73.6 cm³/mol. The van der Waals surface area contributed by atoms with Gasteiger partial charge in [0.2, 0.25) is 0 Å². The molecule has 4 heteroatoms. The SMILES string of the molecule is CSc1ccc(C(C#N)NCC2CCCO2)cc1. The average molecular weight is 262 g/mol. The largest absolute Gasteiger partial charge is 0.377 e. The van der Waals surface area contributed by atoms with Crippen LogP contribution >= 0.6 is 11.8 Å². The van der Waals surface area contributed by atoms with E-state index in [1.165, 1.54) is 4.90 Å². The Morgan fingerprint density at radius 2 is 2.28 bits per heavy atom. The molecule has 96 valence electrons. The van der Waals surface area contributed by atoms with E-state index in [1.54, 1.807) is 11.8 Å². The van der Waals surface area contributed by atoms with Crippen LogP contribution in [0.25, 0.3) is 0 Å². The van der Waals surface area contributed by atoms with E-state index in [4.69, 9.17) is 4.74 Å². The van der Waals surface area contributed by atoms with Gasteiger partial charge in [-0.3, -0.25) is 5.32 Å². The molecule has 0 saturated carbocycles. The number of nitrogens with one attached hydrogen (secondary N) is 1. The predicted octanol–water partition coefficient (Wildman–Crippen LogP) is 2.74. The van der Waals surface area contributed by atoms with Gasteiger partial charge < -0.3 is 4.74 Å². The number of benzene rings is 1. The van der Waals surface area contributed by atoms with Crippen LogP contribution in [-0.4, -0.2) is 25.5 Å². The molecule has 1 aliphatic heterocycles. The second-order valence-electron chi connectivity index (χ2n) is 4.38. The lowest BCUT2D eigenvalue weighted by Crippen LogP contribution is -2.29. The highest BCUT2D eigenvalue weighted by molar-refractivity contribution is 7.98. The standard InChI is InChI=1S/C14H18N2OS/c1-18-13-6-4-11(5-7-13)14(9-15)16-10-12-3-2-8-17-12/h4-7,12,14,16H,2-3,8,10H2,1H3. The van der Waals surface area contributed by atoms with Gasteiger partial charge in [0.25, 0.3) is 0 Å². The third-order valence-electron chi connectivity index (χ3n) is 3.15. The molecule has 2 rings (SSSR count). The molecule has 1 fully saturated rings. The van der Waals surface area contributed by atoms with Crippen LogP contribution in [0.15, 0.2) is 29.2 Å². The quantitative estimate of drug-likeness (QED) is 0.829. The molecule has 1 aliphatic rings. The van der Waals surface area contributed by atoms with Crippen LogP contribution in [0.4, 0.5) is 0 Å². The molecule has 0 amide bonds. The molecule has 3 nitrogen and oxygen atoms in total. The average Bonchev–Trinajstić information content (AvgIpc) is 2.93. The van der Waals surface area contributed by atoms with Crippen LogP contribution in [0.5, 0.6) is 0 Å². The zero-order chi connectivity index (χ0) is 12.8. The summed E-state index contributed by atoms with van der Waals surface area (Å²) >= 11 is 1.71. The highest BCUT2D eigenvalue weighted by Crippen LogP contribution is 2.19. The molecule has 1 aromatic rings. The molecule has 1 aromatic carbocycles. The van der Waals surface area contributed by atoms with Crippen LogP contribution in [0.2, 0.25) is 0 Å². The molecular formula is C14H18N2OS. The van der Waals surface area contributed by atoms with Crippen LogP contribution in [-0.2, 0) is 4.74 Å². The zero-order valence-electron chi connectivity index (χ0n) is 10.6. The molecule has 0 spiro atoms. The van der Waals surface area contributed by atoms with Crippen molar-refractivity contribution in [2.75, 3.05) is 19.4 Å². The summed E-state index contributed by atoms with van der Waals surface area (Å²) < 4.78 is 5.54. The first-order chi connectivity index (χ1) is 8.83. The van der Waals surface area contributed by atoms with Gasteiger partial charge in [-0.15, -0.1) is 11.8 Å². The zero-order valence-corrected chi connectivity index (χ0v) is 11.4.